The Morgan fingerprint density at radius 3 is 2.71 bits per heavy atom. The predicted octanol–water partition coefficient (Wildman–Crippen LogP) is 2.56. The molecule has 2 rings (SSSR count). The maximum absolute atomic E-state index is 12.1. The minimum Gasteiger partial charge on any atom is -0.497 e. The summed E-state index contributed by atoms with van der Waals surface area (Å²) in [5, 5.41) is 2.90. The lowest BCUT2D eigenvalue weighted by molar-refractivity contribution is 0.0954. The second kappa shape index (κ2) is 6.79. The van der Waals surface area contributed by atoms with Crippen molar-refractivity contribution >= 4 is 11.6 Å². The molecule has 0 heterocycles. The number of aryl methyl sites for hydroxylation is 1. The van der Waals surface area contributed by atoms with Gasteiger partial charge in [-0.25, -0.2) is 0 Å². The monoisotopic (exact) mass is 284 g/mol. The fourth-order valence-corrected chi connectivity index (χ4v) is 2.17. The summed E-state index contributed by atoms with van der Waals surface area (Å²) in [5.74, 6) is 0.438. The van der Waals surface area contributed by atoms with E-state index in [0.29, 0.717) is 23.5 Å². The van der Waals surface area contributed by atoms with Gasteiger partial charge >= 0.3 is 0 Å². The largest absolute Gasteiger partial charge is 0.497 e. The van der Waals surface area contributed by atoms with Crippen molar-refractivity contribution in [1.82, 2.24) is 5.32 Å². The average Bonchev–Trinajstić information content (AvgIpc) is 2.48. The zero-order valence-corrected chi connectivity index (χ0v) is 12.3. The summed E-state index contributed by atoms with van der Waals surface area (Å²) in [6, 6.07) is 13.2. The molecule has 2 aromatic rings. The SMILES string of the molecule is COc1cc(N)cc(C(=O)NCCc2ccccc2C)c1. The number of carbonyl (C=O) groups is 1. The molecule has 0 saturated heterocycles. The molecule has 0 aliphatic heterocycles. The zero-order chi connectivity index (χ0) is 15.2. The number of methoxy groups -OCH3 is 1. The van der Waals surface area contributed by atoms with Crippen LogP contribution < -0.4 is 15.8 Å². The molecular formula is C17H20N2O2. The van der Waals surface area contributed by atoms with E-state index in [1.807, 2.05) is 12.1 Å². The van der Waals surface area contributed by atoms with Crippen molar-refractivity contribution in [3.8, 4) is 5.75 Å². The van der Waals surface area contributed by atoms with E-state index in [0.717, 1.165) is 6.42 Å². The normalized spacial score (nSPS) is 10.2. The molecule has 4 heteroatoms. The maximum Gasteiger partial charge on any atom is 0.251 e. The molecule has 0 radical (unpaired) electrons. The Bertz CT molecular complexity index is 638. The summed E-state index contributed by atoms with van der Waals surface area (Å²) in [7, 11) is 1.55. The first-order valence-corrected chi connectivity index (χ1v) is 6.87. The van der Waals surface area contributed by atoms with E-state index in [1.54, 1.807) is 25.3 Å². The summed E-state index contributed by atoms with van der Waals surface area (Å²) in [6.07, 6.45) is 0.803. The second-order valence-corrected chi connectivity index (χ2v) is 4.93. The lowest BCUT2D eigenvalue weighted by atomic mass is 10.1. The topological polar surface area (TPSA) is 64.3 Å². The number of nitrogen functional groups attached to an aromatic ring is 1. The van der Waals surface area contributed by atoms with E-state index in [9.17, 15) is 4.79 Å². The van der Waals surface area contributed by atoms with Gasteiger partial charge in [-0.1, -0.05) is 24.3 Å². The molecule has 0 spiro atoms. The molecule has 0 saturated carbocycles. The van der Waals surface area contributed by atoms with Crippen molar-refractivity contribution in [2.75, 3.05) is 19.4 Å². The molecule has 0 aliphatic carbocycles. The predicted molar refractivity (Wildman–Crippen MR) is 84.6 cm³/mol. The van der Waals surface area contributed by atoms with Gasteiger partial charge in [0.2, 0.25) is 0 Å². The Morgan fingerprint density at radius 1 is 1.24 bits per heavy atom. The van der Waals surface area contributed by atoms with Crippen LogP contribution in [0.15, 0.2) is 42.5 Å². The van der Waals surface area contributed by atoms with E-state index in [2.05, 4.69) is 24.4 Å². The van der Waals surface area contributed by atoms with Crippen LogP contribution in [0.4, 0.5) is 5.69 Å². The van der Waals surface area contributed by atoms with Gasteiger partial charge < -0.3 is 15.8 Å². The van der Waals surface area contributed by atoms with E-state index < -0.39 is 0 Å². The lowest BCUT2D eigenvalue weighted by Gasteiger charge is -2.09. The van der Waals surface area contributed by atoms with Gasteiger partial charge in [-0.15, -0.1) is 0 Å². The lowest BCUT2D eigenvalue weighted by Crippen LogP contribution is -2.26. The first kappa shape index (κ1) is 14.9. The highest BCUT2D eigenvalue weighted by Crippen LogP contribution is 2.18. The summed E-state index contributed by atoms with van der Waals surface area (Å²) in [6.45, 7) is 2.65. The van der Waals surface area contributed by atoms with Crippen molar-refractivity contribution < 1.29 is 9.53 Å². The van der Waals surface area contributed by atoms with Gasteiger partial charge in [0.05, 0.1) is 7.11 Å². The molecule has 21 heavy (non-hydrogen) atoms. The van der Waals surface area contributed by atoms with Crippen LogP contribution in [0.5, 0.6) is 5.75 Å². The van der Waals surface area contributed by atoms with Crippen LogP contribution in [0.2, 0.25) is 0 Å². The van der Waals surface area contributed by atoms with Gasteiger partial charge in [0.15, 0.2) is 0 Å². The fourth-order valence-electron chi connectivity index (χ4n) is 2.17. The minimum atomic E-state index is -0.144. The van der Waals surface area contributed by atoms with Gasteiger partial charge in [0.25, 0.3) is 5.91 Å². The summed E-state index contributed by atoms with van der Waals surface area (Å²) >= 11 is 0. The molecule has 2 aromatic carbocycles. The number of amides is 1. The number of hydrogen-bond acceptors (Lipinski definition) is 3. The van der Waals surface area contributed by atoms with Gasteiger partial charge in [0, 0.05) is 23.9 Å². The third-order valence-corrected chi connectivity index (χ3v) is 3.37. The van der Waals surface area contributed by atoms with E-state index in [4.69, 9.17) is 10.5 Å². The molecule has 0 atom stereocenters. The van der Waals surface area contributed by atoms with Crippen molar-refractivity contribution in [2.24, 2.45) is 0 Å². The highest BCUT2D eigenvalue weighted by Gasteiger charge is 2.08. The van der Waals surface area contributed by atoms with Gasteiger partial charge in [0.1, 0.15) is 5.75 Å². The van der Waals surface area contributed by atoms with E-state index in [1.165, 1.54) is 11.1 Å². The zero-order valence-electron chi connectivity index (χ0n) is 12.3. The number of nitrogens with two attached hydrogens (primary N) is 1. The molecule has 3 N–H and O–H groups in total. The average molecular weight is 284 g/mol. The first-order chi connectivity index (χ1) is 10.1. The third kappa shape index (κ3) is 3.99. The number of nitrogens with one attached hydrogen (secondary N) is 1. The molecule has 0 bridgehead atoms. The molecule has 0 aromatic heterocycles. The number of rotatable bonds is 5. The molecule has 0 aliphatic rings. The standard InChI is InChI=1S/C17H20N2O2/c1-12-5-3-4-6-13(12)7-8-19-17(20)14-9-15(18)11-16(10-14)21-2/h3-6,9-11H,7-8,18H2,1-2H3,(H,19,20). The number of anilines is 1. The van der Waals surface area contributed by atoms with Crippen LogP contribution in [0.25, 0.3) is 0 Å². The Hall–Kier alpha value is -2.49. The molecule has 4 nitrogen and oxygen atoms in total. The van der Waals surface area contributed by atoms with Crippen LogP contribution in [0, 0.1) is 6.92 Å². The molecule has 1 amide bonds. The molecule has 0 unspecified atom stereocenters. The van der Waals surface area contributed by atoms with Gasteiger partial charge in [-0.05, 0) is 36.6 Å². The van der Waals surface area contributed by atoms with Crippen molar-refractivity contribution in [2.45, 2.75) is 13.3 Å². The fraction of sp³-hybridized carbons (Fsp3) is 0.235. The second-order valence-electron chi connectivity index (χ2n) is 4.93. The number of ether oxygens (including phenoxy) is 1. The van der Waals surface area contributed by atoms with Crippen LogP contribution in [0.3, 0.4) is 0 Å². The quantitative estimate of drug-likeness (QED) is 0.829. The van der Waals surface area contributed by atoms with E-state index in [-0.39, 0.29) is 5.91 Å². The minimum absolute atomic E-state index is 0.144. The molecule has 110 valence electrons. The molecular weight excluding hydrogens is 264 g/mol. The van der Waals surface area contributed by atoms with Crippen molar-refractivity contribution in [3.05, 3.63) is 59.2 Å². The number of benzene rings is 2. The Labute approximate surface area is 124 Å². The smallest absolute Gasteiger partial charge is 0.251 e. The maximum atomic E-state index is 12.1. The van der Waals surface area contributed by atoms with Crippen molar-refractivity contribution in [3.63, 3.8) is 0 Å². The van der Waals surface area contributed by atoms with Crippen LogP contribution in [0.1, 0.15) is 21.5 Å². The van der Waals surface area contributed by atoms with Gasteiger partial charge in [-0.3, -0.25) is 4.79 Å². The summed E-state index contributed by atoms with van der Waals surface area (Å²) in [5.41, 5.74) is 9.25. The first-order valence-electron chi connectivity index (χ1n) is 6.87. The van der Waals surface area contributed by atoms with Crippen LogP contribution in [-0.2, 0) is 6.42 Å². The van der Waals surface area contributed by atoms with Crippen LogP contribution >= 0.6 is 0 Å². The van der Waals surface area contributed by atoms with Gasteiger partial charge in [-0.2, -0.15) is 0 Å². The van der Waals surface area contributed by atoms with E-state index >= 15 is 0 Å². The number of hydrogen-bond donors (Lipinski definition) is 2. The Kier molecular flexibility index (Phi) is 4.82. The highest BCUT2D eigenvalue weighted by molar-refractivity contribution is 5.95. The third-order valence-electron chi connectivity index (χ3n) is 3.37. The Morgan fingerprint density at radius 2 is 2.00 bits per heavy atom. The summed E-state index contributed by atoms with van der Waals surface area (Å²) in [4.78, 5) is 12.1. The molecule has 0 fully saturated rings. The van der Waals surface area contributed by atoms with Crippen molar-refractivity contribution in [1.29, 1.82) is 0 Å². The number of carbonyl (C=O) groups excluding carboxylic acids is 1. The van der Waals surface area contributed by atoms with Crippen LogP contribution in [-0.4, -0.2) is 19.6 Å². The summed E-state index contributed by atoms with van der Waals surface area (Å²) < 4.78 is 5.12. The highest BCUT2D eigenvalue weighted by atomic mass is 16.5. The Balaban J connectivity index is 1.96.